The molecular formula is C8H15N. The van der Waals surface area contributed by atoms with Crippen molar-refractivity contribution in [2.45, 2.75) is 20.3 Å². The van der Waals surface area contributed by atoms with Crippen LogP contribution in [0.5, 0.6) is 0 Å². The van der Waals surface area contributed by atoms with E-state index in [-0.39, 0.29) is 5.41 Å². The number of allylic oxidation sites excluding steroid dienone is 1. The van der Waals surface area contributed by atoms with Gasteiger partial charge in [0.1, 0.15) is 0 Å². The summed E-state index contributed by atoms with van der Waals surface area (Å²) >= 11 is 0. The van der Waals surface area contributed by atoms with Crippen LogP contribution < -0.4 is 0 Å². The Labute approximate surface area is 57.5 Å². The first-order valence-corrected chi connectivity index (χ1v) is 3.16. The zero-order valence-corrected chi connectivity index (χ0v) is 6.52. The van der Waals surface area contributed by atoms with Crippen LogP contribution in [0.1, 0.15) is 20.3 Å². The summed E-state index contributed by atoms with van der Waals surface area (Å²) < 4.78 is 0. The van der Waals surface area contributed by atoms with Gasteiger partial charge in [-0.05, 0) is 6.42 Å². The van der Waals surface area contributed by atoms with Crippen molar-refractivity contribution in [2.24, 2.45) is 10.4 Å². The lowest BCUT2D eigenvalue weighted by Crippen LogP contribution is -2.10. The number of rotatable bonds is 3. The van der Waals surface area contributed by atoms with E-state index in [9.17, 15) is 0 Å². The molecule has 0 aromatic carbocycles. The number of hydrogen-bond donors (Lipinski definition) is 0. The summed E-state index contributed by atoms with van der Waals surface area (Å²) in [5.41, 5.74) is 0.191. The van der Waals surface area contributed by atoms with Crippen LogP contribution in [0.4, 0.5) is 0 Å². The largest absolute Gasteiger partial charge is 0.300 e. The summed E-state index contributed by atoms with van der Waals surface area (Å²) in [4.78, 5) is 3.95. The lowest BCUT2D eigenvalue weighted by Gasteiger charge is -2.15. The summed E-state index contributed by atoms with van der Waals surface area (Å²) in [5, 5.41) is 0. The molecule has 0 radical (unpaired) electrons. The molecule has 0 saturated heterocycles. The molecular weight excluding hydrogens is 110 g/mol. The van der Waals surface area contributed by atoms with Gasteiger partial charge in [-0.25, -0.2) is 0 Å². The number of aliphatic imine (C=N–C) groups is 1. The average molecular weight is 125 g/mol. The third-order valence-electron chi connectivity index (χ3n) is 1.15. The van der Waals surface area contributed by atoms with Gasteiger partial charge in [0.2, 0.25) is 0 Å². The van der Waals surface area contributed by atoms with Gasteiger partial charge in [0.15, 0.2) is 0 Å². The highest BCUT2D eigenvalue weighted by Gasteiger charge is 2.10. The zero-order valence-electron chi connectivity index (χ0n) is 6.52. The molecule has 0 heterocycles. The van der Waals surface area contributed by atoms with Crippen molar-refractivity contribution in [3.05, 3.63) is 12.7 Å². The maximum absolute atomic E-state index is 3.95. The maximum Gasteiger partial charge on any atom is 0.0273 e. The molecule has 0 rings (SSSR count). The second-order valence-corrected chi connectivity index (χ2v) is 2.87. The van der Waals surface area contributed by atoms with E-state index in [1.165, 1.54) is 0 Å². The van der Waals surface area contributed by atoms with Gasteiger partial charge in [-0.2, -0.15) is 0 Å². The first kappa shape index (κ1) is 8.41. The van der Waals surface area contributed by atoms with Gasteiger partial charge >= 0.3 is 0 Å². The van der Waals surface area contributed by atoms with Crippen molar-refractivity contribution in [3.8, 4) is 0 Å². The van der Waals surface area contributed by atoms with Gasteiger partial charge in [0.05, 0.1) is 0 Å². The highest BCUT2D eigenvalue weighted by atomic mass is 14.6. The summed E-state index contributed by atoms with van der Waals surface area (Å²) in [6, 6.07) is 0. The Morgan fingerprint density at radius 2 is 2.11 bits per heavy atom. The monoisotopic (exact) mass is 125 g/mol. The number of hydrogen-bond acceptors (Lipinski definition) is 1. The van der Waals surface area contributed by atoms with E-state index in [0.29, 0.717) is 0 Å². The Balaban J connectivity index is 3.84. The summed E-state index contributed by atoms with van der Waals surface area (Å²) in [7, 11) is 1.80. The molecule has 0 saturated carbocycles. The molecule has 0 aromatic heterocycles. The van der Waals surface area contributed by atoms with Crippen LogP contribution in [-0.2, 0) is 0 Å². The maximum atomic E-state index is 3.95. The molecule has 0 aliphatic carbocycles. The SMILES string of the molecule is C=CCC(C)(C)C=NC. The van der Waals surface area contributed by atoms with Crippen LogP contribution in [-0.4, -0.2) is 13.3 Å². The van der Waals surface area contributed by atoms with E-state index < -0.39 is 0 Å². The molecule has 1 heteroatoms. The normalized spacial score (nSPS) is 12.3. The van der Waals surface area contributed by atoms with Crippen LogP contribution in [0, 0.1) is 5.41 Å². The minimum atomic E-state index is 0.191. The molecule has 0 aromatic rings. The lowest BCUT2D eigenvalue weighted by molar-refractivity contribution is 0.546. The molecule has 0 bridgehead atoms. The van der Waals surface area contributed by atoms with Gasteiger partial charge < -0.3 is 4.99 Å². The summed E-state index contributed by atoms with van der Waals surface area (Å²) in [6.07, 6.45) is 4.86. The molecule has 0 aliphatic heterocycles. The third-order valence-corrected chi connectivity index (χ3v) is 1.15. The van der Waals surface area contributed by atoms with Crippen molar-refractivity contribution in [1.29, 1.82) is 0 Å². The lowest BCUT2D eigenvalue weighted by atomic mass is 9.91. The van der Waals surface area contributed by atoms with Crippen LogP contribution in [0.25, 0.3) is 0 Å². The predicted octanol–water partition coefficient (Wildman–Crippen LogP) is 2.29. The van der Waals surface area contributed by atoms with Gasteiger partial charge in [-0.1, -0.05) is 19.9 Å². The predicted molar refractivity (Wildman–Crippen MR) is 43.0 cm³/mol. The third kappa shape index (κ3) is 3.95. The summed E-state index contributed by atoms with van der Waals surface area (Å²) in [6.45, 7) is 7.95. The van der Waals surface area contributed by atoms with E-state index in [1.54, 1.807) is 7.05 Å². The molecule has 0 fully saturated rings. The molecule has 0 atom stereocenters. The fraction of sp³-hybridized carbons (Fsp3) is 0.625. The van der Waals surface area contributed by atoms with Crippen LogP contribution in [0.15, 0.2) is 17.6 Å². The highest BCUT2D eigenvalue weighted by molar-refractivity contribution is 5.64. The Bertz CT molecular complexity index is 112. The first-order chi connectivity index (χ1) is 4.12. The molecule has 0 amide bonds. The van der Waals surface area contributed by atoms with E-state index in [2.05, 4.69) is 25.4 Å². The van der Waals surface area contributed by atoms with Crippen molar-refractivity contribution in [2.75, 3.05) is 7.05 Å². The smallest absolute Gasteiger partial charge is 0.0273 e. The molecule has 52 valence electrons. The molecule has 9 heavy (non-hydrogen) atoms. The second-order valence-electron chi connectivity index (χ2n) is 2.87. The highest BCUT2D eigenvalue weighted by Crippen LogP contribution is 2.16. The topological polar surface area (TPSA) is 12.4 Å². The second kappa shape index (κ2) is 3.44. The summed E-state index contributed by atoms with van der Waals surface area (Å²) in [5.74, 6) is 0. The fourth-order valence-corrected chi connectivity index (χ4v) is 0.774. The minimum Gasteiger partial charge on any atom is -0.300 e. The van der Waals surface area contributed by atoms with Gasteiger partial charge in [-0.3, -0.25) is 0 Å². The fourth-order valence-electron chi connectivity index (χ4n) is 0.774. The van der Waals surface area contributed by atoms with Crippen LogP contribution >= 0.6 is 0 Å². The van der Waals surface area contributed by atoms with E-state index >= 15 is 0 Å². The van der Waals surface area contributed by atoms with Gasteiger partial charge in [-0.15, -0.1) is 6.58 Å². The van der Waals surface area contributed by atoms with E-state index in [0.717, 1.165) is 6.42 Å². The Morgan fingerprint density at radius 1 is 1.56 bits per heavy atom. The molecule has 0 unspecified atom stereocenters. The van der Waals surface area contributed by atoms with E-state index in [1.807, 2.05) is 12.3 Å². The number of nitrogens with zero attached hydrogens (tertiary/aromatic N) is 1. The van der Waals surface area contributed by atoms with Crippen molar-refractivity contribution in [3.63, 3.8) is 0 Å². The Morgan fingerprint density at radius 3 is 2.44 bits per heavy atom. The Kier molecular flexibility index (Phi) is 3.21. The molecule has 0 spiro atoms. The molecule has 1 nitrogen and oxygen atoms in total. The quantitative estimate of drug-likeness (QED) is 0.405. The molecule has 0 aliphatic rings. The van der Waals surface area contributed by atoms with Crippen LogP contribution in [0.3, 0.4) is 0 Å². The molecule has 0 N–H and O–H groups in total. The van der Waals surface area contributed by atoms with Crippen molar-refractivity contribution >= 4 is 6.21 Å². The van der Waals surface area contributed by atoms with Crippen molar-refractivity contribution in [1.82, 2.24) is 0 Å². The van der Waals surface area contributed by atoms with Gasteiger partial charge in [0, 0.05) is 18.7 Å². The Hall–Kier alpha value is -0.590. The minimum absolute atomic E-state index is 0.191. The zero-order chi connectivity index (χ0) is 7.33. The first-order valence-electron chi connectivity index (χ1n) is 3.16. The average Bonchev–Trinajstić information content (AvgIpc) is 1.64. The van der Waals surface area contributed by atoms with Gasteiger partial charge in [0.25, 0.3) is 0 Å². The standard InChI is InChI=1S/C8H15N/c1-5-6-8(2,3)7-9-4/h5,7H,1,6H2,2-4H3. The van der Waals surface area contributed by atoms with Crippen molar-refractivity contribution < 1.29 is 0 Å². The van der Waals surface area contributed by atoms with E-state index in [4.69, 9.17) is 0 Å². The van der Waals surface area contributed by atoms with Crippen LogP contribution in [0.2, 0.25) is 0 Å².